The summed E-state index contributed by atoms with van der Waals surface area (Å²) in [6.45, 7) is 9.60. The van der Waals surface area contributed by atoms with Gasteiger partial charge in [-0.3, -0.25) is 14.4 Å². The molecular weight excluding hydrogens is 631 g/mol. The third-order valence-electron chi connectivity index (χ3n) is 10.7. The maximum absolute atomic E-state index is 15.8. The topological polar surface area (TPSA) is 153 Å². The van der Waals surface area contributed by atoms with Crippen LogP contribution in [0.5, 0.6) is 0 Å². The highest BCUT2D eigenvalue weighted by molar-refractivity contribution is 6.01. The number of aryl methyl sites for hydroxylation is 1. The Kier molecular flexibility index (Phi) is 11.6. The van der Waals surface area contributed by atoms with Crippen molar-refractivity contribution in [3.8, 4) is 0 Å². The maximum Gasteiger partial charge on any atom is 0.318 e. The Morgan fingerprint density at radius 2 is 1.76 bits per heavy atom. The van der Waals surface area contributed by atoms with Crippen LogP contribution in [-0.2, 0) is 16.0 Å². The summed E-state index contributed by atoms with van der Waals surface area (Å²) < 4.78 is 20.6. The van der Waals surface area contributed by atoms with Crippen LogP contribution in [0.4, 0.5) is 14.9 Å². The first-order chi connectivity index (χ1) is 23.4. The van der Waals surface area contributed by atoms with Crippen LogP contribution in [-0.4, -0.2) is 107 Å². The van der Waals surface area contributed by atoms with Gasteiger partial charge in [-0.15, -0.1) is 0 Å². The van der Waals surface area contributed by atoms with Crippen LogP contribution in [0.15, 0.2) is 22.8 Å². The van der Waals surface area contributed by atoms with Gasteiger partial charge in [0.2, 0.25) is 11.8 Å². The lowest BCUT2D eigenvalue weighted by atomic mass is 9.79. The minimum absolute atomic E-state index is 0.0274. The normalized spacial score (nSPS) is 23.2. The molecule has 0 radical (unpaired) electrons. The van der Waals surface area contributed by atoms with Crippen LogP contribution in [0.3, 0.4) is 0 Å². The minimum atomic E-state index is -0.925. The zero-order valence-electron chi connectivity index (χ0n) is 29.5. The molecule has 3 aliphatic rings. The number of carbonyl (C=O) groups is 4. The summed E-state index contributed by atoms with van der Waals surface area (Å²) in [6.07, 6.45) is 5.58. The van der Waals surface area contributed by atoms with Crippen molar-refractivity contribution < 1.29 is 28.2 Å². The predicted octanol–water partition coefficient (Wildman–Crippen LogP) is 3.77. The number of nitrogens with one attached hydrogen (secondary N) is 3. The van der Waals surface area contributed by atoms with Gasteiger partial charge in [0, 0.05) is 44.7 Å². The number of carbonyl (C=O) groups excluding carboxylic acids is 4. The highest BCUT2D eigenvalue weighted by Crippen LogP contribution is 2.32. The highest BCUT2D eigenvalue weighted by Gasteiger charge is 2.38. The molecule has 3 fully saturated rings. The average Bonchev–Trinajstić information content (AvgIpc) is 3.83. The number of halogens is 1. The summed E-state index contributed by atoms with van der Waals surface area (Å²) in [4.78, 5) is 59.6. The van der Waals surface area contributed by atoms with Crippen molar-refractivity contribution in [2.75, 3.05) is 39.0 Å². The van der Waals surface area contributed by atoms with E-state index in [2.05, 4.69) is 45.0 Å². The molecule has 1 aromatic heterocycles. The van der Waals surface area contributed by atoms with Crippen LogP contribution in [0, 0.1) is 17.7 Å². The third-order valence-corrected chi connectivity index (χ3v) is 10.7. The van der Waals surface area contributed by atoms with Gasteiger partial charge in [-0.1, -0.05) is 44.8 Å². The quantitative estimate of drug-likeness (QED) is 0.324. The molecule has 13 nitrogen and oxygen atoms in total. The molecule has 2 aliphatic carbocycles. The smallest absolute Gasteiger partial charge is 0.318 e. The van der Waals surface area contributed by atoms with E-state index in [4.69, 9.17) is 4.63 Å². The number of benzene rings is 1. The van der Waals surface area contributed by atoms with Gasteiger partial charge in [0.05, 0.1) is 5.69 Å². The Morgan fingerprint density at radius 3 is 2.39 bits per heavy atom. The van der Waals surface area contributed by atoms with Crippen LogP contribution in [0.25, 0.3) is 0 Å². The summed E-state index contributed by atoms with van der Waals surface area (Å²) in [7, 11) is 3.74. The van der Waals surface area contributed by atoms with Crippen LogP contribution in [0.1, 0.15) is 93.9 Å². The summed E-state index contributed by atoms with van der Waals surface area (Å²) in [5.74, 6) is -2.20. The molecule has 14 heteroatoms. The fourth-order valence-electron chi connectivity index (χ4n) is 6.86. The number of hydrogen-bond acceptors (Lipinski definition) is 8. The number of anilines is 1. The van der Waals surface area contributed by atoms with Gasteiger partial charge in [-0.2, -0.15) is 0 Å². The second-order valence-electron chi connectivity index (χ2n) is 14.3. The summed E-state index contributed by atoms with van der Waals surface area (Å²) >= 11 is 0. The van der Waals surface area contributed by atoms with Crippen LogP contribution >= 0.6 is 0 Å². The van der Waals surface area contributed by atoms with Gasteiger partial charge in [0.25, 0.3) is 5.91 Å². The molecule has 4 atom stereocenters. The van der Waals surface area contributed by atoms with Crippen LogP contribution in [0.2, 0.25) is 0 Å². The number of likely N-dealkylation sites (N-methyl/N-ethyl adjacent to an activating group) is 1. The Hall–Kier alpha value is -4.07. The number of urea groups is 1. The lowest BCUT2D eigenvalue weighted by molar-refractivity contribution is -0.136. The van der Waals surface area contributed by atoms with E-state index >= 15 is 4.39 Å². The number of nitrogens with zero attached hydrogens (tertiary/aromatic N) is 5. The highest BCUT2D eigenvalue weighted by atomic mass is 19.1. The van der Waals surface area contributed by atoms with E-state index in [1.165, 1.54) is 12.1 Å². The molecule has 0 bridgehead atoms. The van der Waals surface area contributed by atoms with Gasteiger partial charge in [0.1, 0.15) is 23.6 Å². The van der Waals surface area contributed by atoms with Gasteiger partial charge >= 0.3 is 6.03 Å². The first kappa shape index (κ1) is 36.2. The fraction of sp³-hybridized carbons (Fsp3) is 0.657. The number of amides is 5. The summed E-state index contributed by atoms with van der Waals surface area (Å²) in [5.41, 5.74) is 0.871. The standard InChI is InChI=1S/C35H51FN8O5/c1-7-27-31(41-49-40-27)33(46)38-30(23-10-8-20(2)9-11-23)32(45)37-28-15-12-24(18-26(28)36)22(4)29(39-35(48)43(6)25-13-14-25)34(47)44-17-16-42(5)21(3)19-44/h12,15,18,20-23,25,29-30H,7-11,13-14,16-17,19H2,1-6H3,(H,37,45)(H,38,46)(H,39,48)/t20-,21-,22-,23-,29+,30-/m0/s1. The Balaban J connectivity index is 1.33. The zero-order chi connectivity index (χ0) is 35.4. The second-order valence-corrected chi connectivity index (χ2v) is 14.3. The fourth-order valence-corrected chi connectivity index (χ4v) is 6.86. The lowest BCUT2D eigenvalue weighted by Gasteiger charge is -2.40. The number of aromatic nitrogens is 2. The maximum atomic E-state index is 15.8. The number of hydrogen-bond donors (Lipinski definition) is 3. The molecule has 49 heavy (non-hydrogen) atoms. The molecule has 0 spiro atoms. The van der Waals surface area contributed by atoms with Gasteiger partial charge in [0.15, 0.2) is 5.69 Å². The van der Waals surface area contributed by atoms with E-state index in [9.17, 15) is 19.2 Å². The van der Waals surface area contributed by atoms with E-state index in [-0.39, 0.29) is 41.3 Å². The first-order valence-corrected chi connectivity index (χ1v) is 17.6. The molecule has 1 saturated heterocycles. The van der Waals surface area contributed by atoms with Crippen molar-refractivity contribution in [1.82, 2.24) is 35.6 Å². The number of rotatable bonds is 11. The van der Waals surface area contributed by atoms with Crippen molar-refractivity contribution in [3.63, 3.8) is 0 Å². The zero-order valence-corrected chi connectivity index (χ0v) is 29.5. The molecule has 2 saturated carbocycles. The molecule has 2 aromatic rings. The molecular formula is C35H51FN8O5. The van der Waals surface area contributed by atoms with E-state index in [1.807, 2.05) is 14.0 Å². The Morgan fingerprint density at radius 1 is 1.04 bits per heavy atom. The van der Waals surface area contributed by atoms with Gasteiger partial charge < -0.3 is 30.7 Å². The molecule has 1 aliphatic heterocycles. The molecule has 268 valence electrons. The molecule has 0 unspecified atom stereocenters. The van der Waals surface area contributed by atoms with E-state index in [0.717, 1.165) is 38.5 Å². The average molecular weight is 683 g/mol. The molecule has 1 aromatic carbocycles. The van der Waals surface area contributed by atoms with Crippen LogP contribution < -0.4 is 16.0 Å². The summed E-state index contributed by atoms with van der Waals surface area (Å²) in [5, 5.41) is 16.0. The third kappa shape index (κ3) is 8.57. The molecule has 5 rings (SSSR count). The predicted molar refractivity (Wildman–Crippen MR) is 181 cm³/mol. The van der Waals surface area contributed by atoms with Crippen molar-refractivity contribution in [3.05, 3.63) is 41.0 Å². The SMILES string of the molecule is CCc1nonc1C(=O)N[C@H](C(=O)Nc1ccc([C@H](C)[C@@H](NC(=O)N(C)C2CC2)C(=O)N2CCN(C)[C@@H](C)C2)cc1F)[C@H]1CC[C@H](C)CC1. The second kappa shape index (κ2) is 15.6. The molecule has 3 N–H and O–H groups in total. The number of piperazine rings is 1. The van der Waals surface area contributed by atoms with E-state index < -0.39 is 35.6 Å². The van der Waals surface area contributed by atoms with Crippen molar-refractivity contribution in [2.24, 2.45) is 11.8 Å². The molecule has 2 heterocycles. The van der Waals surface area contributed by atoms with Crippen molar-refractivity contribution in [1.29, 1.82) is 0 Å². The Labute approximate surface area is 287 Å². The van der Waals surface area contributed by atoms with Crippen molar-refractivity contribution >= 4 is 29.4 Å². The molecule has 5 amide bonds. The van der Waals surface area contributed by atoms with E-state index in [0.29, 0.717) is 43.2 Å². The summed E-state index contributed by atoms with van der Waals surface area (Å²) in [6, 6.07) is 2.56. The van der Waals surface area contributed by atoms with Gasteiger partial charge in [-0.05, 0) is 80.8 Å². The van der Waals surface area contributed by atoms with Gasteiger partial charge in [-0.25, -0.2) is 13.8 Å². The minimum Gasteiger partial charge on any atom is -0.338 e. The Bertz CT molecular complexity index is 1510. The largest absolute Gasteiger partial charge is 0.338 e. The lowest BCUT2D eigenvalue weighted by Crippen LogP contribution is -2.59. The van der Waals surface area contributed by atoms with Crippen molar-refractivity contribution in [2.45, 2.75) is 103 Å². The monoisotopic (exact) mass is 682 g/mol. The first-order valence-electron chi connectivity index (χ1n) is 17.6. The van der Waals surface area contributed by atoms with E-state index in [1.54, 1.807) is 29.8 Å².